The van der Waals surface area contributed by atoms with Crippen molar-refractivity contribution in [2.75, 3.05) is 0 Å². The maximum absolute atomic E-state index is 6.29. The van der Waals surface area contributed by atoms with Crippen LogP contribution in [-0.2, 0) is 0 Å². The van der Waals surface area contributed by atoms with Gasteiger partial charge >= 0.3 is 0 Å². The highest BCUT2D eigenvalue weighted by Gasteiger charge is 2.22. The summed E-state index contributed by atoms with van der Waals surface area (Å²) in [5.74, 6) is 0.722. The van der Waals surface area contributed by atoms with Crippen LogP contribution in [-0.4, -0.2) is 14.5 Å². The maximum Gasteiger partial charge on any atom is 0.248 e. The molecule has 4 aromatic heterocycles. The molecule has 0 unspecified atom stereocenters. The first-order chi connectivity index (χ1) is 21.3. The van der Waals surface area contributed by atoms with Crippen LogP contribution in [0.25, 0.3) is 93.8 Å². The normalized spacial score (nSPS) is 12.2. The Morgan fingerprint density at radius 2 is 1.14 bits per heavy atom. The van der Waals surface area contributed by atoms with E-state index in [-0.39, 0.29) is 0 Å². The topological polar surface area (TPSA) is 57.0 Å². The lowest BCUT2D eigenvalue weighted by Crippen LogP contribution is -2.03. The van der Waals surface area contributed by atoms with Crippen molar-refractivity contribution in [3.8, 4) is 17.1 Å². The fourth-order valence-electron chi connectivity index (χ4n) is 6.62. The van der Waals surface area contributed by atoms with Gasteiger partial charge in [-0.15, -0.1) is 0 Å². The minimum absolute atomic E-state index is 0.515. The number of nitrogens with zero attached hydrogens (tertiary/aromatic N) is 3. The van der Waals surface area contributed by atoms with Gasteiger partial charge in [0, 0.05) is 32.5 Å². The maximum atomic E-state index is 6.29. The van der Waals surface area contributed by atoms with Crippen LogP contribution < -0.4 is 0 Å². The third kappa shape index (κ3) is 3.16. The summed E-state index contributed by atoms with van der Waals surface area (Å²) in [6.45, 7) is 0. The Morgan fingerprint density at radius 3 is 2.00 bits per heavy atom. The molecule has 0 atom stereocenters. The van der Waals surface area contributed by atoms with E-state index in [0.29, 0.717) is 5.71 Å². The highest BCUT2D eigenvalue weighted by Crippen LogP contribution is 2.40. The molecule has 0 aliphatic heterocycles. The van der Waals surface area contributed by atoms with Crippen molar-refractivity contribution in [3.63, 3.8) is 0 Å². The molecule has 0 spiro atoms. The van der Waals surface area contributed by atoms with Gasteiger partial charge in [0.2, 0.25) is 5.71 Å². The summed E-state index contributed by atoms with van der Waals surface area (Å²) in [7, 11) is 0. The average Bonchev–Trinajstić information content (AvgIpc) is 3.71. The van der Waals surface area contributed by atoms with Crippen LogP contribution in [0.2, 0.25) is 0 Å². The zero-order chi connectivity index (χ0) is 28.1. The molecule has 4 heterocycles. The van der Waals surface area contributed by atoms with Crippen molar-refractivity contribution in [2.45, 2.75) is 0 Å². The molecule has 0 amide bonds. The van der Waals surface area contributed by atoms with Crippen molar-refractivity contribution in [2.24, 2.45) is 0 Å². The van der Waals surface area contributed by atoms with Crippen LogP contribution in [0.1, 0.15) is 0 Å². The van der Waals surface area contributed by atoms with Gasteiger partial charge < -0.3 is 8.83 Å². The molecular weight excluding hydrogens is 530 g/mol. The first kappa shape index (κ1) is 22.7. The van der Waals surface area contributed by atoms with Crippen LogP contribution in [0.5, 0.6) is 0 Å². The standard InChI is InChI=1S/C38H21N3O2/c1-2-10-23-21-31-28(19-22(23)9-1)25-11-3-6-14-30(25)41(31)37-35(39-36-27-13-5-8-16-33(27)43-38(36)40-37)24-17-18-34-29(20-24)26-12-4-7-15-32(26)42-34/h1-21H. The predicted molar refractivity (Wildman–Crippen MR) is 174 cm³/mol. The number of hydrogen-bond acceptors (Lipinski definition) is 4. The molecule has 0 aliphatic rings. The van der Waals surface area contributed by atoms with Crippen LogP contribution in [0.15, 0.2) is 136 Å². The number of fused-ring (bicyclic) bond motifs is 10. The second-order valence-corrected chi connectivity index (χ2v) is 11.0. The lowest BCUT2D eigenvalue weighted by Gasteiger charge is -2.12. The van der Waals surface area contributed by atoms with Crippen molar-refractivity contribution in [1.82, 2.24) is 14.5 Å². The van der Waals surface area contributed by atoms with Gasteiger partial charge in [-0.1, -0.05) is 72.8 Å². The average molecular weight is 552 g/mol. The third-order valence-corrected chi connectivity index (χ3v) is 8.60. The summed E-state index contributed by atoms with van der Waals surface area (Å²) in [5.41, 5.74) is 7.62. The molecule has 0 bridgehead atoms. The van der Waals surface area contributed by atoms with Gasteiger partial charge in [0.25, 0.3) is 0 Å². The fraction of sp³-hybridized carbons (Fsp3) is 0. The van der Waals surface area contributed by atoms with E-state index in [9.17, 15) is 0 Å². The molecule has 5 nitrogen and oxygen atoms in total. The second kappa shape index (κ2) is 8.30. The van der Waals surface area contributed by atoms with E-state index in [1.807, 2.05) is 48.5 Å². The van der Waals surface area contributed by atoms with Crippen molar-refractivity contribution >= 4 is 76.7 Å². The molecule has 200 valence electrons. The van der Waals surface area contributed by atoms with Gasteiger partial charge in [-0.05, 0) is 65.4 Å². The van der Waals surface area contributed by atoms with E-state index in [1.54, 1.807) is 0 Å². The third-order valence-electron chi connectivity index (χ3n) is 8.60. The Bertz CT molecular complexity index is 2750. The van der Waals surface area contributed by atoms with Crippen LogP contribution >= 0.6 is 0 Å². The second-order valence-electron chi connectivity index (χ2n) is 11.0. The number of aromatic nitrogens is 3. The molecule has 0 radical (unpaired) electrons. The van der Waals surface area contributed by atoms with Gasteiger partial charge in [0.05, 0.1) is 11.0 Å². The van der Waals surface area contributed by atoms with Gasteiger partial charge in [-0.25, -0.2) is 4.98 Å². The zero-order valence-corrected chi connectivity index (χ0v) is 22.8. The number of benzene rings is 6. The molecule has 5 heteroatoms. The van der Waals surface area contributed by atoms with E-state index in [4.69, 9.17) is 18.8 Å². The summed E-state index contributed by atoms with van der Waals surface area (Å²) in [6, 6.07) is 43.9. The minimum Gasteiger partial charge on any atom is -0.456 e. The highest BCUT2D eigenvalue weighted by atomic mass is 16.3. The summed E-state index contributed by atoms with van der Waals surface area (Å²) in [4.78, 5) is 10.6. The molecule has 0 saturated heterocycles. The molecule has 0 N–H and O–H groups in total. The van der Waals surface area contributed by atoms with Crippen LogP contribution in [0, 0.1) is 0 Å². The molecular formula is C38H21N3O2. The van der Waals surface area contributed by atoms with Gasteiger partial charge in [0.15, 0.2) is 5.82 Å². The van der Waals surface area contributed by atoms with E-state index >= 15 is 0 Å². The minimum atomic E-state index is 0.515. The summed E-state index contributed by atoms with van der Waals surface area (Å²) >= 11 is 0. The molecule has 0 saturated carbocycles. The Morgan fingerprint density at radius 1 is 0.465 bits per heavy atom. The Kier molecular flexibility index (Phi) is 4.39. The van der Waals surface area contributed by atoms with E-state index in [2.05, 4.69) is 83.4 Å². The molecule has 10 rings (SSSR count). The Hall–Kier alpha value is -5.94. The zero-order valence-electron chi connectivity index (χ0n) is 22.8. The molecule has 10 aromatic rings. The van der Waals surface area contributed by atoms with E-state index < -0.39 is 0 Å². The first-order valence-corrected chi connectivity index (χ1v) is 14.3. The van der Waals surface area contributed by atoms with Gasteiger partial charge in [-0.2, -0.15) is 4.98 Å². The number of hydrogen-bond donors (Lipinski definition) is 0. The Labute approximate surface area is 244 Å². The summed E-state index contributed by atoms with van der Waals surface area (Å²) in [6.07, 6.45) is 0. The quantitative estimate of drug-likeness (QED) is 0.214. The highest BCUT2D eigenvalue weighted by molar-refractivity contribution is 6.14. The lowest BCUT2D eigenvalue weighted by atomic mass is 10.1. The van der Waals surface area contributed by atoms with Crippen LogP contribution in [0.4, 0.5) is 0 Å². The number of para-hydroxylation sites is 3. The van der Waals surface area contributed by atoms with Gasteiger partial charge in [0.1, 0.15) is 28.0 Å². The predicted octanol–water partition coefficient (Wildman–Crippen LogP) is 10.2. The van der Waals surface area contributed by atoms with Gasteiger partial charge in [-0.3, -0.25) is 4.57 Å². The van der Waals surface area contributed by atoms with E-state index in [1.165, 1.54) is 16.2 Å². The summed E-state index contributed by atoms with van der Waals surface area (Å²) in [5, 5.41) is 7.78. The summed E-state index contributed by atoms with van der Waals surface area (Å²) < 4.78 is 14.7. The van der Waals surface area contributed by atoms with Crippen LogP contribution in [0.3, 0.4) is 0 Å². The largest absolute Gasteiger partial charge is 0.456 e. The van der Waals surface area contributed by atoms with Crippen molar-refractivity contribution in [3.05, 3.63) is 127 Å². The van der Waals surface area contributed by atoms with Crippen molar-refractivity contribution in [1.29, 1.82) is 0 Å². The van der Waals surface area contributed by atoms with E-state index in [0.717, 1.165) is 71.9 Å². The molecule has 0 fully saturated rings. The fourth-order valence-corrected chi connectivity index (χ4v) is 6.62. The molecule has 43 heavy (non-hydrogen) atoms. The lowest BCUT2D eigenvalue weighted by molar-refractivity contribution is 0.652. The molecule has 0 aliphatic carbocycles. The van der Waals surface area contributed by atoms with Crippen molar-refractivity contribution < 1.29 is 8.83 Å². The smallest absolute Gasteiger partial charge is 0.248 e. The number of furan rings is 2. The molecule has 6 aromatic carbocycles. The Balaban J connectivity index is 1.37. The first-order valence-electron chi connectivity index (χ1n) is 14.3. The SMILES string of the molecule is c1ccc2cc3c(cc2c1)c1ccccc1n3-c1nc2oc3ccccc3c2nc1-c1ccc2oc3ccccc3c2c1. The monoisotopic (exact) mass is 551 g/mol. The number of rotatable bonds is 2.